The van der Waals surface area contributed by atoms with Gasteiger partial charge in [0, 0.05) is 13.1 Å². The molecule has 0 aliphatic carbocycles. The topological polar surface area (TPSA) is 49.4 Å². The number of para-hydroxylation sites is 1. The Labute approximate surface area is 100 Å². The fourth-order valence-corrected chi connectivity index (χ4v) is 3.24. The average Bonchev–Trinajstić information content (AvgIpc) is 2.75. The van der Waals surface area contributed by atoms with Gasteiger partial charge in [-0.15, -0.1) is 0 Å². The molecule has 2 rings (SSSR count). The van der Waals surface area contributed by atoms with Crippen LogP contribution in [0.3, 0.4) is 0 Å². The second-order valence-electron chi connectivity index (χ2n) is 3.69. The van der Waals surface area contributed by atoms with Gasteiger partial charge in [0.05, 0.1) is 10.7 Å². The third-order valence-corrected chi connectivity index (χ3v) is 4.37. The molecule has 1 aromatic rings. The van der Waals surface area contributed by atoms with Gasteiger partial charge in [-0.3, -0.25) is 4.72 Å². The zero-order chi connectivity index (χ0) is 11.6. The van der Waals surface area contributed by atoms with Crippen LogP contribution in [0.15, 0.2) is 24.3 Å². The summed E-state index contributed by atoms with van der Waals surface area (Å²) in [5, 5.41) is 0.408. The first-order valence-electron chi connectivity index (χ1n) is 5.12. The van der Waals surface area contributed by atoms with Gasteiger partial charge in [-0.25, -0.2) is 0 Å². The summed E-state index contributed by atoms with van der Waals surface area (Å²) in [5.41, 5.74) is 0.427. The maximum atomic E-state index is 11.9. The minimum absolute atomic E-state index is 0.408. The van der Waals surface area contributed by atoms with Crippen LogP contribution in [0, 0.1) is 0 Å². The SMILES string of the molecule is O=S(=O)(Nc1ccccc1Cl)N1CCCC1. The Bertz CT molecular complexity index is 469. The molecule has 1 N–H and O–H groups in total. The number of nitrogens with one attached hydrogen (secondary N) is 1. The fourth-order valence-electron chi connectivity index (χ4n) is 1.68. The molecule has 1 aromatic carbocycles. The van der Waals surface area contributed by atoms with Crippen molar-refractivity contribution in [3.63, 3.8) is 0 Å². The minimum atomic E-state index is -3.44. The minimum Gasteiger partial charge on any atom is -0.269 e. The van der Waals surface area contributed by atoms with Crippen LogP contribution in [0.4, 0.5) is 5.69 Å². The van der Waals surface area contributed by atoms with E-state index in [0.29, 0.717) is 23.8 Å². The summed E-state index contributed by atoms with van der Waals surface area (Å²) in [6.07, 6.45) is 1.84. The van der Waals surface area contributed by atoms with Crippen molar-refractivity contribution in [3.05, 3.63) is 29.3 Å². The Morgan fingerprint density at radius 3 is 2.44 bits per heavy atom. The molecule has 0 unspecified atom stereocenters. The molecule has 0 spiro atoms. The Balaban J connectivity index is 2.18. The summed E-state index contributed by atoms with van der Waals surface area (Å²) >= 11 is 5.89. The smallest absolute Gasteiger partial charge is 0.269 e. The van der Waals surface area contributed by atoms with Gasteiger partial charge in [0.25, 0.3) is 0 Å². The molecule has 1 heterocycles. The Morgan fingerprint density at radius 1 is 1.19 bits per heavy atom. The highest BCUT2D eigenvalue weighted by molar-refractivity contribution is 7.90. The zero-order valence-electron chi connectivity index (χ0n) is 8.69. The van der Waals surface area contributed by atoms with E-state index in [2.05, 4.69) is 4.72 Å². The third-order valence-electron chi connectivity index (χ3n) is 2.52. The summed E-state index contributed by atoms with van der Waals surface area (Å²) in [7, 11) is -3.44. The molecule has 1 aliphatic rings. The molecule has 0 radical (unpaired) electrons. The van der Waals surface area contributed by atoms with Crippen LogP contribution in [-0.4, -0.2) is 25.8 Å². The van der Waals surface area contributed by atoms with Crippen LogP contribution in [0.2, 0.25) is 5.02 Å². The van der Waals surface area contributed by atoms with Gasteiger partial charge in [-0.1, -0.05) is 23.7 Å². The first-order valence-corrected chi connectivity index (χ1v) is 6.94. The van der Waals surface area contributed by atoms with Crippen LogP contribution in [0.1, 0.15) is 12.8 Å². The standard InChI is InChI=1S/C10H13ClN2O2S/c11-9-5-1-2-6-10(9)12-16(14,15)13-7-3-4-8-13/h1-2,5-6,12H,3-4,7-8H2. The van der Waals surface area contributed by atoms with Crippen LogP contribution in [0.5, 0.6) is 0 Å². The van der Waals surface area contributed by atoms with Gasteiger partial charge in [0.1, 0.15) is 0 Å². The van der Waals surface area contributed by atoms with Crippen molar-refractivity contribution in [1.82, 2.24) is 4.31 Å². The summed E-state index contributed by atoms with van der Waals surface area (Å²) in [5.74, 6) is 0. The monoisotopic (exact) mass is 260 g/mol. The number of rotatable bonds is 3. The normalized spacial score (nSPS) is 17.6. The lowest BCUT2D eigenvalue weighted by molar-refractivity contribution is 0.482. The summed E-state index contributed by atoms with van der Waals surface area (Å²) in [6.45, 7) is 1.17. The third kappa shape index (κ3) is 2.48. The molecule has 0 amide bonds. The maximum Gasteiger partial charge on any atom is 0.301 e. The number of nitrogens with zero attached hydrogens (tertiary/aromatic N) is 1. The lowest BCUT2D eigenvalue weighted by Gasteiger charge is -2.17. The summed E-state index contributed by atoms with van der Waals surface area (Å²) in [4.78, 5) is 0. The molecule has 4 nitrogen and oxygen atoms in total. The van der Waals surface area contributed by atoms with Gasteiger partial charge in [0.15, 0.2) is 0 Å². The summed E-state index contributed by atoms with van der Waals surface area (Å²) in [6, 6.07) is 6.81. The molecule has 1 aliphatic heterocycles. The first-order chi connectivity index (χ1) is 7.59. The van der Waals surface area contributed by atoms with Gasteiger partial charge in [-0.2, -0.15) is 12.7 Å². The predicted octanol–water partition coefficient (Wildman–Crippen LogP) is 2.09. The van der Waals surface area contributed by atoms with Crippen molar-refractivity contribution in [2.75, 3.05) is 17.8 Å². The van der Waals surface area contributed by atoms with Crippen LogP contribution >= 0.6 is 11.6 Å². The molecule has 0 aromatic heterocycles. The van der Waals surface area contributed by atoms with E-state index >= 15 is 0 Å². The van der Waals surface area contributed by atoms with E-state index in [1.807, 2.05) is 0 Å². The molecule has 0 bridgehead atoms. The number of hydrogen-bond acceptors (Lipinski definition) is 2. The Hall–Kier alpha value is -0.780. The van der Waals surface area contributed by atoms with E-state index in [9.17, 15) is 8.42 Å². The van der Waals surface area contributed by atoms with Gasteiger partial charge >= 0.3 is 10.2 Å². The van der Waals surface area contributed by atoms with Crippen molar-refractivity contribution >= 4 is 27.5 Å². The molecular formula is C10H13ClN2O2S. The zero-order valence-corrected chi connectivity index (χ0v) is 10.3. The molecule has 6 heteroatoms. The van der Waals surface area contributed by atoms with Gasteiger partial charge in [0.2, 0.25) is 0 Å². The summed E-state index contributed by atoms with van der Waals surface area (Å²) < 4.78 is 27.8. The van der Waals surface area contributed by atoms with Crippen LogP contribution in [0.25, 0.3) is 0 Å². The molecule has 16 heavy (non-hydrogen) atoms. The van der Waals surface area contributed by atoms with Crippen molar-refractivity contribution < 1.29 is 8.42 Å². The molecular weight excluding hydrogens is 248 g/mol. The number of benzene rings is 1. The lowest BCUT2D eigenvalue weighted by atomic mass is 10.3. The van der Waals surface area contributed by atoms with E-state index in [1.54, 1.807) is 24.3 Å². The number of anilines is 1. The fraction of sp³-hybridized carbons (Fsp3) is 0.400. The number of halogens is 1. The van der Waals surface area contributed by atoms with E-state index in [-0.39, 0.29) is 0 Å². The number of hydrogen-bond donors (Lipinski definition) is 1. The second kappa shape index (κ2) is 4.61. The van der Waals surface area contributed by atoms with E-state index in [4.69, 9.17) is 11.6 Å². The van der Waals surface area contributed by atoms with Crippen LogP contribution < -0.4 is 4.72 Å². The molecule has 0 saturated carbocycles. The highest BCUT2D eigenvalue weighted by Crippen LogP contribution is 2.23. The van der Waals surface area contributed by atoms with E-state index < -0.39 is 10.2 Å². The van der Waals surface area contributed by atoms with Gasteiger partial charge < -0.3 is 0 Å². The molecule has 1 fully saturated rings. The Morgan fingerprint density at radius 2 is 1.81 bits per heavy atom. The van der Waals surface area contributed by atoms with Crippen LogP contribution in [-0.2, 0) is 10.2 Å². The lowest BCUT2D eigenvalue weighted by Crippen LogP contribution is -2.33. The molecule has 0 atom stereocenters. The highest BCUT2D eigenvalue weighted by Gasteiger charge is 2.25. The second-order valence-corrected chi connectivity index (χ2v) is 5.77. The van der Waals surface area contributed by atoms with Crippen molar-refractivity contribution in [2.45, 2.75) is 12.8 Å². The van der Waals surface area contributed by atoms with E-state index in [0.717, 1.165) is 12.8 Å². The molecule has 88 valence electrons. The Kier molecular flexibility index (Phi) is 3.37. The van der Waals surface area contributed by atoms with Gasteiger partial charge in [-0.05, 0) is 25.0 Å². The highest BCUT2D eigenvalue weighted by atomic mass is 35.5. The average molecular weight is 261 g/mol. The predicted molar refractivity (Wildman–Crippen MR) is 64.8 cm³/mol. The largest absolute Gasteiger partial charge is 0.301 e. The molecule has 1 saturated heterocycles. The van der Waals surface area contributed by atoms with Crippen molar-refractivity contribution in [2.24, 2.45) is 0 Å². The van der Waals surface area contributed by atoms with E-state index in [1.165, 1.54) is 4.31 Å². The van der Waals surface area contributed by atoms with Crippen molar-refractivity contribution in [3.8, 4) is 0 Å². The maximum absolute atomic E-state index is 11.9. The first kappa shape index (κ1) is 11.7. The quantitative estimate of drug-likeness (QED) is 0.905. The van der Waals surface area contributed by atoms with Crippen molar-refractivity contribution in [1.29, 1.82) is 0 Å².